The summed E-state index contributed by atoms with van der Waals surface area (Å²) in [6.07, 6.45) is 0. The predicted octanol–water partition coefficient (Wildman–Crippen LogP) is 8.25. The molecule has 188 valence electrons. The molecule has 3 aromatic heterocycles. The monoisotopic (exact) mass is 513 g/mol. The van der Waals surface area contributed by atoms with Crippen LogP contribution in [0.15, 0.2) is 140 Å². The van der Waals surface area contributed by atoms with E-state index in [2.05, 4.69) is 81.9 Å². The molecule has 0 unspecified atom stereocenters. The van der Waals surface area contributed by atoms with Gasteiger partial charge in [0.2, 0.25) is 5.95 Å². The zero-order valence-corrected chi connectivity index (χ0v) is 21.5. The van der Waals surface area contributed by atoms with Gasteiger partial charge in [0.25, 0.3) is 0 Å². The van der Waals surface area contributed by atoms with Crippen LogP contribution in [-0.4, -0.2) is 24.1 Å². The van der Waals surface area contributed by atoms with Crippen molar-refractivity contribution in [2.45, 2.75) is 0 Å². The SMILES string of the molecule is c1ccc(-c2nc(-c3ccccc3)nc(-n3c4ccccc4c4c5ccccc5n(-c5ccccc5)c43)n2)cc1. The zero-order chi connectivity index (χ0) is 26.5. The van der Waals surface area contributed by atoms with Crippen molar-refractivity contribution in [1.29, 1.82) is 0 Å². The summed E-state index contributed by atoms with van der Waals surface area (Å²) in [5.74, 6) is 1.86. The molecular weight excluding hydrogens is 490 g/mol. The van der Waals surface area contributed by atoms with Crippen LogP contribution in [0.1, 0.15) is 0 Å². The number of para-hydroxylation sites is 3. The first-order valence-electron chi connectivity index (χ1n) is 13.3. The Labute approximate surface area is 230 Å². The molecule has 0 saturated heterocycles. The first-order valence-corrected chi connectivity index (χ1v) is 13.3. The average Bonchev–Trinajstić information content (AvgIpc) is 3.55. The lowest BCUT2D eigenvalue weighted by atomic mass is 10.1. The van der Waals surface area contributed by atoms with Gasteiger partial charge in [-0.2, -0.15) is 9.97 Å². The maximum atomic E-state index is 5.10. The number of hydrogen-bond donors (Lipinski definition) is 0. The number of benzene rings is 5. The van der Waals surface area contributed by atoms with Crippen LogP contribution in [-0.2, 0) is 0 Å². The number of nitrogens with zero attached hydrogens (tertiary/aromatic N) is 5. The van der Waals surface area contributed by atoms with E-state index in [1.807, 2.05) is 66.7 Å². The molecule has 5 nitrogen and oxygen atoms in total. The molecule has 0 amide bonds. The van der Waals surface area contributed by atoms with E-state index in [1.54, 1.807) is 0 Å². The van der Waals surface area contributed by atoms with Crippen molar-refractivity contribution in [2.24, 2.45) is 0 Å². The molecule has 0 saturated carbocycles. The summed E-state index contributed by atoms with van der Waals surface area (Å²) in [4.78, 5) is 15.1. The Kier molecular flexibility index (Phi) is 5.07. The van der Waals surface area contributed by atoms with Crippen LogP contribution in [0, 0.1) is 0 Å². The van der Waals surface area contributed by atoms with E-state index in [1.165, 1.54) is 10.8 Å². The van der Waals surface area contributed by atoms with Gasteiger partial charge in [0, 0.05) is 33.0 Å². The van der Waals surface area contributed by atoms with Crippen LogP contribution < -0.4 is 0 Å². The molecule has 40 heavy (non-hydrogen) atoms. The Morgan fingerprint density at radius 2 is 0.850 bits per heavy atom. The average molecular weight is 514 g/mol. The van der Waals surface area contributed by atoms with Gasteiger partial charge < -0.3 is 0 Å². The summed E-state index contributed by atoms with van der Waals surface area (Å²) in [5, 5.41) is 3.53. The van der Waals surface area contributed by atoms with E-state index < -0.39 is 0 Å². The van der Waals surface area contributed by atoms with E-state index >= 15 is 0 Å². The van der Waals surface area contributed by atoms with Crippen LogP contribution in [0.5, 0.6) is 0 Å². The highest BCUT2D eigenvalue weighted by Gasteiger charge is 2.24. The van der Waals surface area contributed by atoms with Crippen molar-refractivity contribution >= 4 is 32.8 Å². The van der Waals surface area contributed by atoms with Crippen molar-refractivity contribution in [3.63, 3.8) is 0 Å². The van der Waals surface area contributed by atoms with Gasteiger partial charge in [-0.15, -0.1) is 0 Å². The van der Waals surface area contributed by atoms with Crippen LogP contribution >= 0.6 is 0 Å². The largest absolute Gasteiger partial charge is 0.295 e. The Morgan fingerprint density at radius 1 is 0.400 bits per heavy atom. The Bertz CT molecular complexity index is 2090. The zero-order valence-electron chi connectivity index (χ0n) is 21.5. The van der Waals surface area contributed by atoms with Crippen molar-refractivity contribution in [2.75, 3.05) is 0 Å². The minimum atomic E-state index is 0.582. The van der Waals surface area contributed by atoms with Gasteiger partial charge in [-0.25, -0.2) is 4.98 Å². The maximum Gasteiger partial charge on any atom is 0.239 e. The number of aromatic nitrogens is 5. The van der Waals surface area contributed by atoms with Gasteiger partial charge in [-0.3, -0.25) is 9.13 Å². The van der Waals surface area contributed by atoms with E-state index in [9.17, 15) is 0 Å². The predicted molar refractivity (Wildman–Crippen MR) is 162 cm³/mol. The van der Waals surface area contributed by atoms with Crippen molar-refractivity contribution in [3.05, 3.63) is 140 Å². The fourth-order valence-electron chi connectivity index (χ4n) is 5.64. The third-order valence-corrected chi connectivity index (χ3v) is 7.38. The van der Waals surface area contributed by atoms with Crippen molar-refractivity contribution in [1.82, 2.24) is 24.1 Å². The van der Waals surface area contributed by atoms with E-state index in [0.29, 0.717) is 17.6 Å². The molecule has 0 atom stereocenters. The van der Waals surface area contributed by atoms with Crippen LogP contribution in [0.4, 0.5) is 0 Å². The summed E-state index contributed by atoms with van der Waals surface area (Å²) in [7, 11) is 0. The highest BCUT2D eigenvalue weighted by Crippen LogP contribution is 2.40. The molecule has 5 heteroatoms. The molecule has 0 aliphatic rings. The first-order chi connectivity index (χ1) is 19.9. The second kappa shape index (κ2) is 9.03. The molecule has 0 N–H and O–H groups in total. The standard InChI is InChI=1S/C35H23N5/c1-4-14-24(15-5-1)32-36-33(25-16-6-2-7-17-25)38-35(37-32)40-30-23-13-11-21-28(30)31-27-20-10-12-22-29(27)39(34(31)40)26-18-8-3-9-19-26/h1-23H. The minimum absolute atomic E-state index is 0.582. The first kappa shape index (κ1) is 22.4. The number of rotatable bonds is 4. The molecule has 0 spiro atoms. The molecule has 8 aromatic rings. The molecule has 3 heterocycles. The fraction of sp³-hybridized carbons (Fsp3) is 0. The Balaban J connectivity index is 1.54. The lowest BCUT2D eigenvalue weighted by Crippen LogP contribution is -2.08. The number of hydrogen-bond acceptors (Lipinski definition) is 3. The topological polar surface area (TPSA) is 48.5 Å². The highest BCUT2D eigenvalue weighted by atomic mass is 15.2. The molecule has 5 aromatic carbocycles. The van der Waals surface area contributed by atoms with Crippen LogP contribution in [0.2, 0.25) is 0 Å². The van der Waals surface area contributed by atoms with Gasteiger partial charge in [-0.1, -0.05) is 115 Å². The molecular formula is C35H23N5. The van der Waals surface area contributed by atoms with Crippen molar-refractivity contribution in [3.8, 4) is 34.4 Å². The van der Waals surface area contributed by atoms with Crippen LogP contribution in [0.3, 0.4) is 0 Å². The fourth-order valence-corrected chi connectivity index (χ4v) is 5.64. The third-order valence-electron chi connectivity index (χ3n) is 7.38. The van der Waals surface area contributed by atoms with E-state index in [-0.39, 0.29) is 0 Å². The Morgan fingerprint density at radius 3 is 1.40 bits per heavy atom. The maximum absolute atomic E-state index is 5.10. The lowest BCUT2D eigenvalue weighted by molar-refractivity contribution is 0.933. The highest BCUT2D eigenvalue weighted by molar-refractivity contribution is 6.22. The molecule has 0 aliphatic carbocycles. The summed E-state index contributed by atoms with van der Waals surface area (Å²) in [6, 6.07) is 47.8. The normalized spacial score (nSPS) is 11.5. The second-order valence-electron chi connectivity index (χ2n) is 9.75. The second-order valence-corrected chi connectivity index (χ2v) is 9.75. The van der Waals surface area contributed by atoms with Gasteiger partial charge in [0.1, 0.15) is 5.65 Å². The van der Waals surface area contributed by atoms with Gasteiger partial charge in [0.05, 0.1) is 11.0 Å². The molecule has 0 bridgehead atoms. The third kappa shape index (κ3) is 3.45. The van der Waals surface area contributed by atoms with Crippen LogP contribution in [0.25, 0.3) is 67.3 Å². The summed E-state index contributed by atoms with van der Waals surface area (Å²) in [5.41, 5.74) is 6.18. The summed E-state index contributed by atoms with van der Waals surface area (Å²) in [6.45, 7) is 0. The summed E-state index contributed by atoms with van der Waals surface area (Å²) >= 11 is 0. The quantitative estimate of drug-likeness (QED) is 0.238. The van der Waals surface area contributed by atoms with Gasteiger partial charge in [-0.05, 0) is 24.3 Å². The number of fused-ring (bicyclic) bond motifs is 5. The van der Waals surface area contributed by atoms with E-state index in [0.717, 1.165) is 38.9 Å². The van der Waals surface area contributed by atoms with Gasteiger partial charge >= 0.3 is 0 Å². The molecule has 8 rings (SSSR count). The molecule has 0 fully saturated rings. The van der Waals surface area contributed by atoms with E-state index in [4.69, 9.17) is 15.0 Å². The van der Waals surface area contributed by atoms with Crippen molar-refractivity contribution < 1.29 is 0 Å². The molecule has 0 radical (unpaired) electrons. The summed E-state index contributed by atoms with van der Waals surface area (Å²) < 4.78 is 4.51. The molecule has 0 aliphatic heterocycles. The smallest absolute Gasteiger partial charge is 0.239 e. The Hall–Kier alpha value is -5.55. The van der Waals surface area contributed by atoms with Gasteiger partial charge in [0.15, 0.2) is 11.6 Å². The lowest BCUT2D eigenvalue weighted by Gasteiger charge is -2.13. The minimum Gasteiger partial charge on any atom is -0.295 e.